The van der Waals surface area contributed by atoms with E-state index in [4.69, 9.17) is 20.9 Å². The molecule has 7 heteroatoms. The lowest BCUT2D eigenvalue weighted by Gasteiger charge is -2.14. The molecular weight excluding hydrogens is 419 g/mol. The minimum absolute atomic E-state index is 0.0891. The molecule has 0 amide bonds. The van der Waals surface area contributed by atoms with Crippen molar-refractivity contribution in [2.75, 3.05) is 6.61 Å². The predicted molar refractivity (Wildman–Crippen MR) is 105 cm³/mol. The van der Waals surface area contributed by atoms with Crippen LogP contribution in [-0.4, -0.2) is 18.8 Å². The van der Waals surface area contributed by atoms with E-state index in [-0.39, 0.29) is 5.96 Å². The fourth-order valence-electron chi connectivity index (χ4n) is 1.96. The summed E-state index contributed by atoms with van der Waals surface area (Å²) >= 11 is 2.21. The van der Waals surface area contributed by atoms with Gasteiger partial charge in [0.05, 0.1) is 16.4 Å². The van der Waals surface area contributed by atoms with Crippen LogP contribution >= 0.6 is 22.6 Å². The molecule has 2 aromatic rings. The quantitative estimate of drug-likeness (QED) is 0.301. The molecule has 0 bridgehead atoms. The monoisotopic (exact) mass is 438 g/mol. The summed E-state index contributed by atoms with van der Waals surface area (Å²) in [5.74, 6) is 1.28. The topological polar surface area (TPSA) is 95.2 Å². The Hall–Kier alpha value is -2.29. The lowest BCUT2D eigenvalue weighted by molar-refractivity contribution is 0.267. The third-order valence-electron chi connectivity index (χ3n) is 2.94. The Morgan fingerprint density at radius 1 is 1.17 bits per heavy atom. The number of rotatable bonds is 7. The van der Waals surface area contributed by atoms with Gasteiger partial charge in [-0.2, -0.15) is 5.10 Å². The Morgan fingerprint density at radius 2 is 1.92 bits per heavy atom. The lowest BCUT2D eigenvalue weighted by Crippen LogP contribution is -2.21. The number of hydrogen-bond acceptors (Lipinski definition) is 4. The van der Waals surface area contributed by atoms with Crippen LogP contribution in [0, 0.1) is 3.57 Å². The molecule has 2 aromatic carbocycles. The summed E-state index contributed by atoms with van der Waals surface area (Å²) in [6.07, 6.45) is 1.56. The van der Waals surface area contributed by atoms with E-state index in [9.17, 15) is 0 Å². The van der Waals surface area contributed by atoms with Crippen LogP contribution in [0.3, 0.4) is 0 Å². The zero-order valence-corrected chi connectivity index (χ0v) is 15.4. The average molecular weight is 438 g/mol. The van der Waals surface area contributed by atoms with Crippen LogP contribution < -0.4 is 20.9 Å². The van der Waals surface area contributed by atoms with E-state index in [1.165, 1.54) is 0 Å². The van der Waals surface area contributed by atoms with E-state index in [2.05, 4.69) is 32.8 Å². The molecule has 0 heterocycles. The first-order valence-electron chi connectivity index (χ1n) is 7.35. The molecule has 0 saturated carbocycles. The normalized spacial score (nSPS) is 10.6. The SMILES string of the molecule is CCOc1cc(C=NN=C(N)N)cc(I)c1OCc1ccccc1. The van der Waals surface area contributed by atoms with Gasteiger partial charge in [0.1, 0.15) is 6.61 Å². The maximum absolute atomic E-state index is 5.96. The molecule has 0 unspecified atom stereocenters. The molecule has 2 rings (SSSR count). The average Bonchev–Trinajstić information content (AvgIpc) is 2.55. The third-order valence-corrected chi connectivity index (χ3v) is 3.74. The predicted octanol–water partition coefficient (Wildman–Crippen LogP) is 2.88. The minimum Gasteiger partial charge on any atom is -0.490 e. The highest BCUT2D eigenvalue weighted by atomic mass is 127. The van der Waals surface area contributed by atoms with Crippen LogP contribution in [0.5, 0.6) is 11.5 Å². The van der Waals surface area contributed by atoms with Crippen molar-refractivity contribution in [2.24, 2.45) is 21.7 Å². The second-order valence-corrected chi connectivity index (χ2v) is 5.97. The first-order chi connectivity index (χ1) is 11.6. The summed E-state index contributed by atoms with van der Waals surface area (Å²) < 4.78 is 12.6. The van der Waals surface area contributed by atoms with E-state index >= 15 is 0 Å². The lowest BCUT2D eigenvalue weighted by atomic mass is 10.2. The second-order valence-electron chi connectivity index (χ2n) is 4.81. The number of guanidine groups is 1. The van der Waals surface area contributed by atoms with E-state index in [0.717, 1.165) is 14.7 Å². The number of hydrogen-bond donors (Lipinski definition) is 2. The van der Waals surface area contributed by atoms with Gasteiger partial charge in [-0.3, -0.25) is 0 Å². The number of benzene rings is 2. The largest absolute Gasteiger partial charge is 0.490 e. The summed E-state index contributed by atoms with van der Waals surface area (Å²) in [4.78, 5) is 0. The summed E-state index contributed by atoms with van der Waals surface area (Å²) in [5.41, 5.74) is 12.4. The van der Waals surface area contributed by atoms with E-state index in [1.54, 1.807) is 6.21 Å². The summed E-state index contributed by atoms with van der Waals surface area (Å²) in [5, 5.41) is 7.41. The van der Waals surface area contributed by atoms with Gasteiger partial charge in [-0.25, -0.2) is 0 Å². The first-order valence-corrected chi connectivity index (χ1v) is 8.43. The van der Waals surface area contributed by atoms with Gasteiger partial charge in [0.15, 0.2) is 11.5 Å². The molecular formula is C17H19IN4O2. The number of nitrogens with two attached hydrogens (primary N) is 2. The summed E-state index contributed by atoms with van der Waals surface area (Å²) in [6, 6.07) is 13.7. The number of halogens is 1. The van der Waals surface area contributed by atoms with Crippen LogP contribution in [0.25, 0.3) is 0 Å². The van der Waals surface area contributed by atoms with Gasteiger partial charge in [-0.1, -0.05) is 30.3 Å². The highest BCUT2D eigenvalue weighted by Crippen LogP contribution is 2.34. The van der Waals surface area contributed by atoms with Crippen LogP contribution in [0.4, 0.5) is 0 Å². The fraction of sp³-hybridized carbons (Fsp3) is 0.176. The Balaban J connectivity index is 2.23. The number of ether oxygens (including phenoxy) is 2. The smallest absolute Gasteiger partial charge is 0.211 e. The molecule has 6 nitrogen and oxygen atoms in total. The molecule has 4 N–H and O–H groups in total. The Kier molecular flexibility index (Phi) is 6.86. The van der Waals surface area contributed by atoms with Gasteiger partial charge in [0, 0.05) is 0 Å². The highest BCUT2D eigenvalue weighted by Gasteiger charge is 2.12. The van der Waals surface area contributed by atoms with Gasteiger partial charge in [-0.05, 0) is 52.8 Å². The van der Waals surface area contributed by atoms with Gasteiger partial charge in [0.25, 0.3) is 0 Å². The molecule has 0 aliphatic rings. The van der Waals surface area contributed by atoms with Gasteiger partial charge >= 0.3 is 0 Å². The van der Waals surface area contributed by atoms with Crippen molar-refractivity contribution in [2.45, 2.75) is 13.5 Å². The molecule has 0 spiro atoms. The maximum atomic E-state index is 5.96. The minimum atomic E-state index is -0.0891. The Morgan fingerprint density at radius 3 is 2.58 bits per heavy atom. The molecule has 126 valence electrons. The van der Waals surface area contributed by atoms with Crippen molar-refractivity contribution in [1.82, 2.24) is 0 Å². The maximum Gasteiger partial charge on any atom is 0.211 e. The van der Waals surface area contributed by atoms with Crippen molar-refractivity contribution in [3.63, 3.8) is 0 Å². The first kappa shape index (κ1) is 18.1. The van der Waals surface area contributed by atoms with E-state index < -0.39 is 0 Å². The van der Waals surface area contributed by atoms with Gasteiger partial charge in [0.2, 0.25) is 5.96 Å². The van der Waals surface area contributed by atoms with Gasteiger partial charge < -0.3 is 20.9 Å². The molecule has 24 heavy (non-hydrogen) atoms. The van der Waals surface area contributed by atoms with Gasteiger partial charge in [-0.15, -0.1) is 5.10 Å². The number of nitrogens with zero attached hydrogens (tertiary/aromatic N) is 2. The van der Waals surface area contributed by atoms with E-state index in [1.807, 2.05) is 49.4 Å². The molecule has 0 aromatic heterocycles. The molecule has 0 aliphatic heterocycles. The molecule has 0 atom stereocenters. The molecule has 0 saturated heterocycles. The van der Waals surface area contributed by atoms with Crippen molar-refractivity contribution in [3.8, 4) is 11.5 Å². The fourth-order valence-corrected chi connectivity index (χ4v) is 2.74. The molecule has 0 aliphatic carbocycles. The standard InChI is InChI=1S/C17H19IN4O2/c1-2-23-15-9-13(10-21-22-17(19)20)8-14(18)16(15)24-11-12-6-4-3-5-7-12/h3-10H,2,11H2,1H3,(H4,19,20,22). The van der Waals surface area contributed by atoms with Crippen molar-refractivity contribution < 1.29 is 9.47 Å². The van der Waals surface area contributed by atoms with Crippen molar-refractivity contribution in [1.29, 1.82) is 0 Å². The Bertz CT molecular complexity index is 729. The van der Waals surface area contributed by atoms with Crippen LogP contribution in [0.1, 0.15) is 18.1 Å². The summed E-state index contributed by atoms with van der Waals surface area (Å²) in [6.45, 7) is 2.93. The zero-order valence-electron chi connectivity index (χ0n) is 13.3. The molecule has 0 radical (unpaired) electrons. The van der Waals surface area contributed by atoms with Crippen LogP contribution in [-0.2, 0) is 6.61 Å². The Labute approximate surface area is 154 Å². The second kappa shape index (κ2) is 9.11. The van der Waals surface area contributed by atoms with Crippen LogP contribution in [0.2, 0.25) is 0 Å². The zero-order chi connectivity index (χ0) is 17.4. The highest BCUT2D eigenvalue weighted by molar-refractivity contribution is 14.1. The summed E-state index contributed by atoms with van der Waals surface area (Å²) in [7, 11) is 0. The van der Waals surface area contributed by atoms with Crippen molar-refractivity contribution >= 4 is 34.8 Å². The van der Waals surface area contributed by atoms with E-state index in [0.29, 0.717) is 24.7 Å². The molecule has 0 fully saturated rings. The van der Waals surface area contributed by atoms with Crippen LogP contribution in [0.15, 0.2) is 52.7 Å². The van der Waals surface area contributed by atoms with Crippen molar-refractivity contribution in [3.05, 3.63) is 57.2 Å². The third kappa shape index (κ3) is 5.41.